The molecule has 17 heavy (non-hydrogen) atoms. The Balaban J connectivity index is 1.61. The van der Waals surface area contributed by atoms with Crippen molar-refractivity contribution in [1.29, 1.82) is 0 Å². The highest BCUT2D eigenvalue weighted by Crippen LogP contribution is 2.42. The number of nitrogens with zero attached hydrogens (tertiary/aromatic N) is 5. The number of fused-ring (bicyclic) bond motifs is 1. The van der Waals surface area contributed by atoms with Crippen molar-refractivity contribution in [1.82, 2.24) is 19.5 Å². The van der Waals surface area contributed by atoms with Gasteiger partial charge in [0.05, 0.1) is 11.9 Å². The van der Waals surface area contributed by atoms with Crippen LogP contribution in [0.2, 0.25) is 0 Å². The van der Waals surface area contributed by atoms with E-state index in [0.717, 1.165) is 5.52 Å². The van der Waals surface area contributed by atoms with Crippen LogP contribution in [0.15, 0.2) is 24.8 Å². The van der Waals surface area contributed by atoms with Gasteiger partial charge in [0.2, 0.25) is 0 Å². The van der Waals surface area contributed by atoms with E-state index in [0.29, 0.717) is 5.41 Å². The van der Waals surface area contributed by atoms with E-state index in [9.17, 15) is 0 Å². The number of hydrogen-bond donors (Lipinski definition) is 0. The Bertz CT molecular complexity index is 561. The van der Waals surface area contributed by atoms with E-state index in [1.807, 2.05) is 16.9 Å². The van der Waals surface area contributed by atoms with Crippen LogP contribution in [0, 0.1) is 5.41 Å². The molecule has 1 spiro atoms. The maximum atomic E-state index is 4.20. The molecule has 5 nitrogen and oxygen atoms in total. The van der Waals surface area contributed by atoms with Crippen molar-refractivity contribution in [2.75, 3.05) is 38.1 Å². The molecule has 2 aromatic heterocycles. The number of aromatic nitrogens is 3. The van der Waals surface area contributed by atoms with Gasteiger partial charge in [-0.15, -0.1) is 0 Å². The molecule has 2 fully saturated rings. The van der Waals surface area contributed by atoms with Gasteiger partial charge in [-0.2, -0.15) is 5.10 Å². The summed E-state index contributed by atoms with van der Waals surface area (Å²) in [5.41, 5.74) is 2.94. The predicted octanol–water partition coefficient (Wildman–Crippen LogP) is 0.481. The second-order valence-corrected chi connectivity index (χ2v) is 5.47. The molecular weight excluding hydrogens is 214 g/mol. The first-order chi connectivity index (χ1) is 8.26. The summed E-state index contributed by atoms with van der Waals surface area (Å²) < 4.78 is 1.89. The standard InChI is InChI=1S/C12H15N5/c1-15-5-12(6-15)7-16(8-12)10-2-3-17-11(10)4-13-9-14-17/h2-4,9H,5-8H2,1H3. The zero-order chi connectivity index (χ0) is 11.5. The number of rotatable bonds is 1. The van der Waals surface area contributed by atoms with Crippen LogP contribution < -0.4 is 4.90 Å². The minimum Gasteiger partial charge on any atom is -0.368 e. The minimum atomic E-state index is 0.568. The second-order valence-electron chi connectivity index (χ2n) is 5.47. The lowest BCUT2D eigenvalue weighted by atomic mass is 9.73. The van der Waals surface area contributed by atoms with Gasteiger partial charge in [0.15, 0.2) is 0 Å². The van der Waals surface area contributed by atoms with Gasteiger partial charge < -0.3 is 9.80 Å². The molecule has 2 aromatic rings. The normalized spacial score (nSPS) is 22.8. The van der Waals surface area contributed by atoms with Gasteiger partial charge in [-0.1, -0.05) is 0 Å². The largest absolute Gasteiger partial charge is 0.368 e. The van der Waals surface area contributed by atoms with Crippen LogP contribution >= 0.6 is 0 Å². The lowest BCUT2D eigenvalue weighted by molar-refractivity contribution is -0.00224. The minimum absolute atomic E-state index is 0.568. The van der Waals surface area contributed by atoms with Crippen molar-refractivity contribution in [3.05, 3.63) is 24.8 Å². The smallest absolute Gasteiger partial charge is 0.136 e. The van der Waals surface area contributed by atoms with Gasteiger partial charge >= 0.3 is 0 Å². The van der Waals surface area contributed by atoms with Crippen LogP contribution in [0.4, 0.5) is 5.69 Å². The summed E-state index contributed by atoms with van der Waals surface area (Å²) in [6.07, 6.45) is 5.47. The molecule has 0 atom stereocenters. The van der Waals surface area contributed by atoms with E-state index in [1.165, 1.54) is 31.9 Å². The predicted molar refractivity (Wildman–Crippen MR) is 65.1 cm³/mol. The summed E-state index contributed by atoms with van der Waals surface area (Å²) in [5.74, 6) is 0. The third-order valence-electron chi connectivity index (χ3n) is 3.93. The lowest BCUT2D eigenvalue weighted by Crippen LogP contribution is -2.71. The summed E-state index contributed by atoms with van der Waals surface area (Å²) in [4.78, 5) is 8.93. The van der Waals surface area contributed by atoms with Crippen molar-refractivity contribution in [3.8, 4) is 0 Å². The van der Waals surface area contributed by atoms with Gasteiger partial charge in [0.1, 0.15) is 11.8 Å². The maximum absolute atomic E-state index is 4.20. The van der Waals surface area contributed by atoms with Crippen molar-refractivity contribution in [2.24, 2.45) is 5.41 Å². The Kier molecular flexibility index (Phi) is 1.65. The first kappa shape index (κ1) is 9.41. The van der Waals surface area contributed by atoms with Gasteiger partial charge in [-0.25, -0.2) is 9.50 Å². The van der Waals surface area contributed by atoms with Crippen LogP contribution in [-0.2, 0) is 0 Å². The van der Waals surface area contributed by atoms with Crippen molar-refractivity contribution >= 4 is 11.2 Å². The molecule has 0 N–H and O–H groups in total. The fraction of sp³-hybridized carbons (Fsp3) is 0.500. The van der Waals surface area contributed by atoms with Gasteiger partial charge in [-0.3, -0.25) is 0 Å². The molecule has 0 radical (unpaired) electrons. The van der Waals surface area contributed by atoms with Gasteiger partial charge in [0.25, 0.3) is 0 Å². The Morgan fingerprint density at radius 2 is 2.06 bits per heavy atom. The summed E-state index contributed by atoms with van der Waals surface area (Å²) in [6, 6.07) is 2.14. The molecule has 2 aliphatic rings. The van der Waals surface area contributed by atoms with Crippen LogP contribution in [0.3, 0.4) is 0 Å². The van der Waals surface area contributed by atoms with Crippen molar-refractivity contribution < 1.29 is 0 Å². The summed E-state index contributed by atoms with van der Waals surface area (Å²) in [6.45, 7) is 4.83. The first-order valence-electron chi connectivity index (χ1n) is 5.97. The SMILES string of the molecule is CN1CC2(C1)CN(c1ccn3ncncc13)C2. The van der Waals surface area contributed by atoms with E-state index in [2.05, 4.69) is 33.0 Å². The van der Waals surface area contributed by atoms with Crippen LogP contribution in [0.5, 0.6) is 0 Å². The molecular formula is C12H15N5. The average Bonchev–Trinajstić information content (AvgIpc) is 2.65. The third-order valence-corrected chi connectivity index (χ3v) is 3.93. The summed E-state index contributed by atoms with van der Waals surface area (Å²) in [7, 11) is 2.19. The molecule has 2 saturated heterocycles. The topological polar surface area (TPSA) is 36.7 Å². The second kappa shape index (κ2) is 2.98. The number of hydrogen-bond acceptors (Lipinski definition) is 4. The van der Waals surface area contributed by atoms with Crippen LogP contribution in [0.1, 0.15) is 0 Å². The molecule has 4 rings (SSSR count). The highest BCUT2D eigenvalue weighted by molar-refractivity contribution is 5.74. The van der Waals surface area contributed by atoms with E-state index < -0.39 is 0 Å². The molecule has 0 unspecified atom stereocenters. The average molecular weight is 229 g/mol. The third kappa shape index (κ3) is 1.23. The summed E-state index contributed by atoms with van der Waals surface area (Å²) >= 11 is 0. The van der Waals surface area contributed by atoms with Crippen molar-refractivity contribution in [3.63, 3.8) is 0 Å². The van der Waals surface area contributed by atoms with E-state index >= 15 is 0 Å². The van der Waals surface area contributed by atoms with Crippen LogP contribution in [-0.4, -0.2) is 52.7 Å². The quantitative estimate of drug-likeness (QED) is 0.713. The zero-order valence-corrected chi connectivity index (χ0v) is 9.87. The Labute approximate surface area is 99.7 Å². The zero-order valence-electron chi connectivity index (χ0n) is 9.87. The first-order valence-corrected chi connectivity index (χ1v) is 5.97. The molecule has 4 heterocycles. The lowest BCUT2D eigenvalue weighted by Gasteiger charge is -2.60. The highest BCUT2D eigenvalue weighted by Gasteiger charge is 2.50. The van der Waals surface area contributed by atoms with Crippen LogP contribution in [0.25, 0.3) is 5.52 Å². The summed E-state index contributed by atoms with van der Waals surface area (Å²) in [5, 5.41) is 4.20. The van der Waals surface area contributed by atoms with Crippen molar-refractivity contribution in [2.45, 2.75) is 0 Å². The Hall–Kier alpha value is -1.62. The number of likely N-dealkylation sites (tertiary alicyclic amines) is 1. The fourth-order valence-electron chi connectivity index (χ4n) is 3.34. The van der Waals surface area contributed by atoms with Gasteiger partial charge in [-0.05, 0) is 13.1 Å². The van der Waals surface area contributed by atoms with E-state index in [-0.39, 0.29) is 0 Å². The van der Waals surface area contributed by atoms with E-state index in [4.69, 9.17) is 0 Å². The Morgan fingerprint density at radius 3 is 2.82 bits per heavy atom. The van der Waals surface area contributed by atoms with Gasteiger partial charge in [0, 0.05) is 37.8 Å². The molecule has 88 valence electrons. The molecule has 0 bridgehead atoms. The molecule has 0 amide bonds. The number of anilines is 1. The molecule has 0 aliphatic carbocycles. The monoisotopic (exact) mass is 229 g/mol. The molecule has 5 heteroatoms. The molecule has 0 aromatic carbocycles. The highest BCUT2D eigenvalue weighted by atomic mass is 15.3. The molecule has 2 aliphatic heterocycles. The Morgan fingerprint density at radius 1 is 1.24 bits per heavy atom. The van der Waals surface area contributed by atoms with E-state index in [1.54, 1.807) is 6.33 Å². The molecule has 0 saturated carbocycles. The fourth-order valence-corrected chi connectivity index (χ4v) is 3.34. The maximum Gasteiger partial charge on any atom is 0.136 e.